The molecule has 3 atom stereocenters. The van der Waals surface area contributed by atoms with E-state index in [9.17, 15) is 33.6 Å². The van der Waals surface area contributed by atoms with E-state index in [-0.39, 0.29) is 51.9 Å². The van der Waals surface area contributed by atoms with Crippen molar-refractivity contribution in [1.82, 2.24) is 36.6 Å². The molecular weight excluding hydrogens is 890 g/mol. The molecule has 8 N–H and O–H groups in total. The zero-order valence-corrected chi connectivity index (χ0v) is 35.3. The van der Waals surface area contributed by atoms with Gasteiger partial charge in [0.25, 0.3) is 5.91 Å². The van der Waals surface area contributed by atoms with Crippen molar-refractivity contribution >= 4 is 90.1 Å². The van der Waals surface area contributed by atoms with E-state index in [1.54, 1.807) is 42.5 Å². The maximum Gasteiger partial charge on any atom is 0.407 e. The molecule has 0 aliphatic rings. The number of anilines is 1. The van der Waals surface area contributed by atoms with E-state index < -0.39 is 60.2 Å². The van der Waals surface area contributed by atoms with Crippen LogP contribution in [-0.2, 0) is 55.5 Å². The summed E-state index contributed by atoms with van der Waals surface area (Å²) in [5.74, 6) is -3.78. The number of carbonyl (C=O) groups excluding carboxylic acids is 7. The molecule has 3 rings (SSSR count). The van der Waals surface area contributed by atoms with Gasteiger partial charge in [-0.05, 0) is 49.7 Å². The first-order valence-electron chi connectivity index (χ1n) is 18.0. The SMILES string of the molecule is CNC(=O)OCc1ccc(NC(=O)[C@H](CC(N)=O)NC(=O)[C@H](C)NC(=O)[C@H](C)NC(=O)CCOCCOCCNC(=O)c2ccc3nc(CBr)c(CBr)nc3c2)cc1. The van der Waals surface area contributed by atoms with E-state index in [1.807, 2.05) is 0 Å². The molecule has 3 aromatic rings. The highest BCUT2D eigenvalue weighted by molar-refractivity contribution is 9.09. The van der Waals surface area contributed by atoms with E-state index in [0.717, 1.165) is 11.4 Å². The number of hydrogen-bond acceptors (Lipinski definition) is 12. The minimum atomic E-state index is -1.36. The quantitative estimate of drug-likeness (QED) is 0.0526. The first-order chi connectivity index (χ1) is 27.7. The van der Waals surface area contributed by atoms with Crippen molar-refractivity contribution < 1.29 is 47.8 Å². The number of fused-ring (bicyclic) bond motifs is 1. The van der Waals surface area contributed by atoms with Gasteiger partial charge in [-0.15, -0.1) is 0 Å². The highest BCUT2D eigenvalue weighted by atomic mass is 79.9. The maximum absolute atomic E-state index is 12.9. The van der Waals surface area contributed by atoms with Gasteiger partial charge in [-0.3, -0.25) is 28.8 Å². The number of alkyl carbamates (subject to hydrolysis) is 1. The lowest BCUT2D eigenvalue weighted by Crippen LogP contribution is -2.55. The van der Waals surface area contributed by atoms with Crippen LogP contribution in [0.4, 0.5) is 10.5 Å². The van der Waals surface area contributed by atoms with Crippen molar-refractivity contribution in [2.24, 2.45) is 5.73 Å². The summed E-state index contributed by atoms with van der Waals surface area (Å²) in [4.78, 5) is 95.6. The van der Waals surface area contributed by atoms with Crippen molar-refractivity contribution in [3.8, 4) is 0 Å². The van der Waals surface area contributed by atoms with Gasteiger partial charge in [0.15, 0.2) is 0 Å². The largest absolute Gasteiger partial charge is 0.445 e. The van der Waals surface area contributed by atoms with Crippen LogP contribution >= 0.6 is 31.9 Å². The van der Waals surface area contributed by atoms with Crippen LogP contribution in [0.25, 0.3) is 11.0 Å². The predicted molar refractivity (Wildman–Crippen MR) is 219 cm³/mol. The summed E-state index contributed by atoms with van der Waals surface area (Å²) >= 11 is 6.83. The Kier molecular flexibility index (Phi) is 19.9. The Labute approximate surface area is 351 Å². The van der Waals surface area contributed by atoms with Crippen LogP contribution in [0.3, 0.4) is 0 Å². The van der Waals surface area contributed by atoms with Gasteiger partial charge in [0.05, 0.1) is 55.3 Å². The molecule has 58 heavy (non-hydrogen) atoms. The van der Waals surface area contributed by atoms with Gasteiger partial charge >= 0.3 is 6.09 Å². The summed E-state index contributed by atoms with van der Waals surface area (Å²) in [6, 6.07) is 7.91. The van der Waals surface area contributed by atoms with Crippen LogP contribution in [0.2, 0.25) is 0 Å². The van der Waals surface area contributed by atoms with Crippen LogP contribution in [-0.4, -0.2) is 110 Å². The first kappa shape index (κ1) is 47.1. The number of ether oxygens (including phenoxy) is 3. The zero-order valence-electron chi connectivity index (χ0n) is 32.2. The summed E-state index contributed by atoms with van der Waals surface area (Å²) in [5.41, 5.74) is 9.66. The Balaban J connectivity index is 1.30. The number of aromatic nitrogens is 2. The Morgan fingerprint density at radius 3 is 2.02 bits per heavy atom. The van der Waals surface area contributed by atoms with Crippen molar-refractivity contribution in [3.05, 3.63) is 65.0 Å². The number of rotatable bonds is 23. The van der Waals surface area contributed by atoms with Crippen LogP contribution in [0.15, 0.2) is 42.5 Å². The number of nitrogens with one attached hydrogen (secondary N) is 6. The normalized spacial score (nSPS) is 12.4. The Hall–Kier alpha value is -5.25. The molecule has 0 saturated heterocycles. The first-order valence-corrected chi connectivity index (χ1v) is 20.3. The Morgan fingerprint density at radius 1 is 0.759 bits per heavy atom. The molecule has 7 amide bonds. The molecule has 314 valence electrons. The third-order valence-corrected chi connectivity index (χ3v) is 9.13. The second-order valence-corrected chi connectivity index (χ2v) is 13.7. The van der Waals surface area contributed by atoms with Crippen LogP contribution in [0.5, 0.6) is 0 Å². The Morgan fingerprint density at radius 2 is 1.38 bits per heavy atom. The van der Waals surface area contributed by atoms with Gasteiger partial charge in [0, 0.05) is 41.9 Å². The van der Waals surface area contributed by atoms with E-state index in [2.05, 4.69) is 73.7 Å². The summed E-state index contributed by atoms with van der Waals surface area (Å²) in [6.45, 7) is 3.76. The zero-order chi connectivity index (χ0) is 42.6. The van der Waals surface area contributed by atoms with E-state index >= 15 is 0 Å². The minimum absolute atomic E-state index is 0.000602. The van der Waals surface area contributed by atoms with Crippen LogP contribution < -0.4 is 37.6 Å². The number of alkyl halides is 2. The summed E-state index contributed by atoms with van der Waals surface area (Å²) in [5, 5.41) is 16.2. The lowest BCUT2D eigenvalue weighted by atomic mass is 10.1. The molecule has 0 fully saturated rings. The summed E-state index contributed by atoms with van der Waals surface area (Å²) in [6.07, 6.45) is -1.17. The number of primary amides is 1. The molecule has 0 saturated carbocycles. The van der Waals surface area contributed by atoms with Gasteiger partial charge in [0.2, 0.25) is 29.5 Å². The molecule has 0 aliphatic heterocycles. The topological polar surface area (TPSA) is 271 Å². The van der Waals surface area contributed by atoms with Crippen molar-refractivity contribution in [2.45, 2.75) is 62.1 Å². The lowest BCUT2D eigenvalue weighted by molar-refractivity contribution is -0.133. The van der Waals surface area contributed by atoms with Gasteiger partial charge < -0.3 is 51.8 Å². The number of nitrogens with zero attached hydrogens (tertiary/aromatic N) is 2. The summed E-state index contributed by atoms with van der Waals surface area (Å²) in [7, 11) is 1.43. The number of amides is 7. The molecule has 0 aliphatic carbocycles. The Bertz CT molecular complexity index is 1920. The molecule has 0 unspecified atom stereocenters. The molecule has 2 aromatic carbocycles. The fraction of sp³-hybridized carbons (Fsp3) is 0.432. The van der Waals surface area contributed by atoms with Gasteiger partial charge in [0.1, 0.15) is 24.7 Å². The summed E-state index contributed by atoms with van der Waals surface area (Å²) < 4.78 is 15.9. The average Bonchev–Trinajstić information content (AvgIpc) is 3.21. The number of halogens is 2. The smallest absolute Gasteiger partial charge is 0.407 e. The van der Waals surface area contributed by atoms with Crippen LogP contribution in [0, 0.1) is 0 Å². The lowest BCUT2D eigenvalue weighted by Gasteiger charge is -2.22. The van der Waals surface area contributed by atoms with E-state index in [4.69, 9.17) is 19.9 Å². The maximum atomic E-state index is 12.9. The molecule has 0 bridgehead atoms. The second-order valence-electron chi connectivity index (χ2n) is 12.6. The fourth-order valence-corrected chi connectivity index (χ4v) is 5.83. The minimum Gasteiger partial charge on any atom is -0.445 e. The number of benzene rings is 2. The number of nitrogens with two attached hydrogens (primary N) is 1. The average molecular weight is 938 g/mol. The molecule has 19 nitrogen and oxygen atoms in total. The van der Waals surface area contributed by atoms with Gasteiger partial charge in [-0.25, -0.2) is 14.8 Å². The molecule has 1 heterocycles. The van der Waals surface area contributed by atoms with Gasteiger partial charge in [-0.1, -0.05) is 44.0 Å². The molecule has 0 radical (unpaired) electrons. The standard InChI is InChI=1S/C37H47Br2N9O10/c1-21(33(51)44-22(2)34(52)48-28(17-31(40)49)36(54)45-25-7-4-23(5-8-25)20-58-37(55)41-3)43-32(50)10-12-56-14-15-57-13-11-42-35(53)24-6-9-26-27(16-24)47-30(19-39)29(18-38)46-26/h4-9,16,21-22,28H,10-15,17-20H2,1-3H3,(H2,40,49)(H,41,55)(H,42,53)(H,43,50)(H,44,51)(H,45,54)(H,48,52)/t21-,22-,28-/m0/s1. The number of carbonyl (C=O) groups is 7. The molecule has 0 spiro atoms. The van der Waals surface area contributed by atoms with E-state index in [1.165, 1.54) is 20.9 Å². The predicted octanol–water partition coefficient (Wildman–Crippen LogP) is 1.44. The monoisotopic (exact) mass is 935 g/mol. The third-order valence-electron chi connectivity index (χ3n) is 8.07. The van der Waals surface area contributed by atoms with Crippen molar-refractivity contribution in [1.29, 1.82) is 0 Å². The highest BCUT2D eigenvalue weighted by Crippen LogP contribution is 2.19. The highest BCUT2D eigenvalue weighted by Gasteiger charge is 2.27. The third kappa shape index (κ3) is 15.9. The van der Waals surface area contributed by atoms with Crippen LogP contribution in [0.1, 0.15) is 54.0 Å². The molecule has 1 aromatic heterocycles. The molecule has 21 heteroatoms. The van der Waals surface area contributed by atoms with Crippen molar-refractivity contribution in [3.63, 3.8) is 0 Å². The van der Waals surface area contributed by atoms with Crippen molar-refractivity contribution in [2.75, 3.05) is 45.3 Å². The molecular formula is C37H47Br2N9O10. The fourth-order valence-electron chi connectivity index (χ4n) is 4.93. The van der Waals surface area contributed by atoms with E-state index in [0.29, 0.717) is 38.5 Å². The second kappa shape index (κ2) is 24.5. The van der Waals surface area contributed by atoms with Gasteiger partial charge in [-0.2, -0.15) is 0 Å². The number of hydrogen-bond donors (Lipinski definition) is 7.